The van der Waals surface area contributed by atoms with Crippen LogP contribution in [0.3, 0.4) is 0 Å². The second kappa shape index (κ2) is 12.7. The molecular weight excluding hydrogens is 450 g/mol. The third-order valence-electron chi connectivity index (χ3n) is 4.32. The molecule has 0 bridgehead atoms. The summed E-state index contributed by atoms with van der Waals surface area (Å²) in [6.45, 7) is 0. The number of rotatable bonds is 10. The smallest absolute Gasteiger partial charge is 0.306 e. The molecule has 0 aromatic heterocycles. The molecule has 0 aliphatic carbocycles. The number of ether oxygens (including phenoxy) is 1. The Morgan fingerprint density at radius 3 is 2.69 bits per heavy atom. The number of nitrogens with zero attached hydrogens (tertiary/aromatic N) is 1. The number of carbonyl (C=O) groups is 3. The Labute approximate surface area is 196 Å². The van der Waals surface area contributed by atoms with Crippen LogP contribution in [0.2, 0.25) is 5.02 Å². The Morgan fingerprint density at radius 1 is 1.22 bits per heavy atom. The minimum Gasteiger partial charge on any atom is -0.469 e. The number of methoxy groups -OCH3 is 1. The number of nitrogens with two attached hydrogens (primary N) is 1. The predicted octanol–water partition coefficient (Wildman–Crippen LogP) is 4.11. The van der Waals surface area contributed by atoms with Crippen molar-refractivity contribution in [2.75, 3.05) is 25.2 Å². The van der Waals surface area contributed by atoms with Crippen LogP contribution in [0, 0.1) is 0 Å². The standard InChI is InChI=1S/C23H24ClN3O4S/c1-26-13-17(12-25)22(29)19-11-18(24)6-7-20(19)27-23(30)16-5-3-4-15(10-16)14-32-9-8-21(28)31-2/h3-7,10-13H,8-9,14,25H2,1-2H3,(H,27,30). The van der Waals surface area contributed by atoms with E-state index in [1.54, 1.807) is 42.1 Å². The number of benzene rings is 2. The molecule has 0 fully saturated rings. The number of anilines is 1. The van der Waals surface area contributed by atoms with E-state index >= 15 is 0 Å². The van der Waals surface area contributed by atoms with Crippen LogP contribution >= 0.6 is 23.4 Å². The Balaban J connectivity index is 2.16. The van der Waals surface area contributed by atoms with Gasteiger partial charge in [-0.2, -0.15) is 11.8 Å². The van der Waals surface area contributed by atoms with Crippen molar-refractivity contribution in [3.8, 4) is 0 Å². The highest BCUT2D eigenvalue weighted by Crippen LogP contribution is 2.24. The van der Waals surface area contributed by atoms with Gasteiger partial charge in [0.25, 0.3) is 5.91 Å². The van der Waals surface area contributed by atoms with Crippen LogP contribution in [0.1, 0.15) is 32.7 Å². The summed E-state index contributed by atoms with van der Waals surface area (Å²) in [5.74, 6) is 0.231. The van der Waals surface area contributed by atoms with E-state index in [2.05, 4.69) is 15.0 Å². The molecule has 0 atom stereocenters. The number of allylic oxidation sites excluding steroid dienone is 1. The molecule has 0 saturated carbocycles. The van der Waals surface area contributed by atoms with Crippen molar-refractivity contribution in [3.63, 3.8) is 0 Å². The Hall–Kier alpha value is -3.10. The normalized spacial score (nSPS) is 11.4. The average Bonchev–Trinajstić information content (AvgIpc) is 2.80. The molecule has 0 radical (unpaired) electrons. The number of halogens is 1. The lowest BCUT2D eigenvalue weighted by Crippen LogP contribution is -2.16. The molecule has 3 N–H and O–H groups in total. The SMILES string of the molecule is CN=CC(=CN)C(=O)c1cc(Cl)ccc1NC(=O)c1cccc(CSCCC(=O)OC)c1. The summed E-state index contributed by atoms with van der Waals surface area (Å²) in [6, 6.07) is 11.8. The molecule has 1 amide bonds. The van der Waals surface area contributed by atoms with E-state index < -0.39 is 5.78 Å². The number of Topliss-reactive ketones (excluding diaryl/α,β-unsaturated/α-hetero) is 1. The monoisotopic (exact) mass is 473 g/mol. The van der Waals surface area contributed by atoms with Crippen molar-refractivity contribution in [2.45, 2.75) is 12.2 Å². The van der Waals surface area contributed by atoms with Crippen LogP contribution in [-0.4, -0.2) is 43.8 Å². The summed E-state index contributed by atoms with van der Waals surface area (Å²) in [7, 11) is 2.89. The van der Waals surface area contributed by atoms with Gasteiger partial charge in [0.1, 0.15) is 0 Å². The summed E-state index contributed by atoms with van der Waals surface area (Å²) in [6.07, 6.45) is 2.83. The quantitative estimate of drug-likeness (QED) is 0.176. The highest BCUT2D eigenvalue weighted by atomic mass is 35.5. The molecule has 0 aliphatic rings. The van der Waals surface area contributed by atoms with Gasteiger partial charge >= 0.3 is 5.97 Å². The van der Waals surface area contributed by atoms with E-state index in [1.165, 1.54) is 26.4 Å². The molecule has 9 heteroatoms. The van der Waals surface area contributed by atoms with Crippen LogP contribution in [0.15, 0.2) is 59.2 Å². The molecule has 2 aromatic carbocycles. The molecule has 0 spiro atoms. The maximum atomic E-state index is 12.9. The number of hydrogen-bond acceptors (Lipinski definition) is 7. The summed E-state index contributed by atoms with van der Waals surface area (Å²) in [5, 5.41) is 3.12. The minimum atomic E-state index is -0.411. The molecule has 0 aliphatic heterocycles. The highest BCUT2D eigenvalue weighted by molar-refractivity contribution is 7.98. The predicted molar refractivity (Wildman–Crippen MR) is 130 cm³/mol. The van der Waals surface area contributed by atoms with Crippen molar-refractivity contribution < 1.29 is 19.1 Å². The zero-order valence-corrected chi connectivity index (χ0v) is 19.3. The lowest BCUT2D eigenvalue weighted by Gasteiger charge is -2.12. The fourth-order valence-electron chi connectivity index (χ4n) is 2.73. The van der Waals surface area contributed by atoms with Crippen LogP contribution in [-0.2, 0) is 15.3 Å². The van der Waals surface area contributed by atoms with Crippen LogP contribution < -0.4 is 11.1 Å². The second-order valence-corrected chi connectivity index (χ2v) is 8.10. The number of nitrogens with one attached hydrogen (secondary N) is 1. The molecule has 32 heavy (non-hydrogen) atoms. The molecule has 2 rings (SSSR count). The molecule has 168 valence electrons. The summed E-state index contributed by atoms with van der Waals surface area (Å²) < 4.78 is 4.62. The third-order valence-corrected chi connectivity index (χ3v) is 5.59. The van der Waals surface area contributed by atoms with Gasteiger partial charge in [-0.05, 0) is 35.9 Å². The molecule has 2 aromatic rings. The van der Waals surface area contributed by atoms with E-state index in [9.17, 15) is 14.4 Å². The maximum Gasteiger partial charge on any atom is 0.306 e. The number of amides is 1. The van der Waals surface area contributed by atoms with Gasteiger partial charge in [-0.15, -0.1) is 0 Å². The van der Waals surface area contributed by atoms with Crippen molar-refractivity contribution >= 4 is 52.9 Å². The van der Waals surface area contributed by atoms with Gasteiger partial charge in [0.15, 0.2) is 5.78 Å². The number of esters is 1. The minimum absolute atomic E-state index is 0.177. The fraction of sp³-hybridized carbons (Fsp3) is 0.217. The van der Waals surface area contributed by atoms with Crippen molar-refractivity contribution in [2.24, 2.45) is 10.7 Å². The third kappa shape index (κ3) is 7.25. The van der Waals surface area contributed by atoms with E-state index in [4.69, 9.17) is 17.3 Å². The number of hydrogen-bond donors (Lipinski definition) is 2. The molecular formula is C23H24ClN3O4S. The van der Waals surface area contributed by atoms with Gasteiger partial charge in [-0.3, -0.25) is 19.4 Å². The van der Waals surface area contributed by atoms with Gasteiger partial charge < -0.3 is 15.8 Å². The largest absolute Gasteiger partial charge is 0.469 e. The zero-order chi connectivity index (χ0) is 23.5. The van der Waals surface area contributed by atoms with Gasteiger partial charge in [0, 0.05) is 47.1 Å². The van der Waals surface area contributed by atoms with Gasteiger partial charge in [-0.25, -0.2) is 0 Å². The van der Waals surface area contributed by atoms with Crippen LogP contribution in [0.25, 0.3) is 0 Å². The molecule has 0 unspecified atom stereocenters. The van der Waals surface area contributed by atoms with Crippen molar-refractivity contribution in [1.29, 1.82) is 0 Å². The lowest BCUT2D eigenvalue weighted by molar-refractivity contribution is -0.140. The Morgan fingerprint density at radius 2 is 2.00 bits per heavy atom. The van der Waals surface area contributed by atoms with Gasteiger partial charge in [-0.1, -0.05) is 23.7 Å². The second-order valence-electron chi connectivity index (χ2n) is 6.56. The first-order chi connectivity index (χ1) is 15.4. The average molecular weight is 474 g/mol. The molecule has 7 nitrogen and oxygen atoms in total. The van der Waals surface area contributed by atoms with Gasteiger partial charge in [0.05, 0.1) is 24.8 Å². The number of ketones is 1. The summed E-state index contributed by atoms with van der Waals surface area (Å²) in [5.41, 5.74) is 7.62. The number of carbonyl (C=O) groups excluding carboxylic acids is 3. The zero-order valence-electron chi connectivity index (χ0n) is 17.8. The van der Waals surface area contributed by atoms with Crippen LogP contribution in [0.4, 0.5) is 5.69 Å². The first-order valence-electron chi connectivity index (χ1n) is 9.62. The topological polar surface area (TPSA) is 111 Å². The van der Waals surface area contributed by atoms with Crippen LogP contribution in [0.5, 0.6) is 0 Å². The first kappa shape index (κ1) is 25.2. The Kier molecular flexibility index (Phi) is 9.97. The Bertz CT molecular complexity index is 1050. The highest BCUT2D eigenvalue weighted by Gasteiger charge is 2.18. The van der Waals surface area contributed by atoms with Crippen molar-refractivity contribution in [1.82, 2.24) is 0 Å². The lowest BCUT2D eigenvalue weighted by atomic mass is 10.0. The van der Waals surface area contributed by atoms with E-state index in [0.29, 0.717) is 34.2 Å². The molecule has 0 saturated heterocycles. The number of thioether (sulfide) groups is 1. The van der Waals surface area contributed by atoms with Crippen molar-refractivity contribution in [3.05, 3.63) is 76.0 Å². The molecule has 0 heterocycles. The fourth-order valence-corrected chi connectivity index (χ4v) is 3.77. The van der Waals surface area contributed by atoms with Gasteiger partial charge in [0.2, 0.25) is 0 Å². The van der Waals surface area contributed by atoms with E-state index in [1.807, 2.05) is 6.07 Å². The summed E-state index contributed by atoms with van der Waals surface area (Å²) >= 11 is 7.64. The first-order valence-corrected chi connectivity index (χ1v) is 11.2. The maximum absolute atomic E-state index is 12.9. The van der Waals surface area contributed by atoms with E-state index in [0.717, 1.165) is 11.8 Å². The van der Waals surface area contributed by atoms with E-state index in [-0.39, 0.29) is 23.0 Å². The summed E-state index contributed by atoms with van der Waals surface area (Å²) in [4.78, 5) is 40.7. The number of aliphatic imine (C=N–C) groups is 1.